The summed E-state index contributed by atoms with van der Waals surface area (Å²) in [7, 11) is 0. The third kappa shape index (κ3) is 3.94. The van der Waals surface area contributed by atoms with Gasteiger partial charge in [-0.05, 0) is 23.8 Å². The number of benzene rings is 3. The van der Waals surface area contributed by atoms with Crippen molar-refractivity contribution in [3.8, 4) is 11.4 Å². The molecular formula is C23H17ClFN5OS. The molecule has 4 aromatic rings. The first-order valence-electron chi connectivity index (χ1n) is 9.85. The molecule has 1 aliphatic heterocycles. The Labute approximate surface area is 192 Å². The molecule has 0 bridgehead atoms. The SMILES string of the molecule is O=C(Nc1ccc(F)c(Cl)c1)C1Sc2nnc(-c3ccccc3)n2NC1c1ccccc1. The number of amides is 1. The van der Waals surface area contributed by atoms with Crippen LogP contribution >= 0.6 is 23.4 Å². The molecule has 0 saturated carbocycles. The molecular weight excluding hydrogens is 449 g/mol. The number of rotatable bonds is 4. The fourth-order valence-corrected chi connectivity index (χ4v) is 4.79. The van der Waals surface area contributed by atoms with E-state index in [1.54, 1.807) is 0 Å². The Kier molecular flexibility index (Phi) is 5.55. The van der Waals surface area contributed by atoms with Crippen LogP contribution in [0.5, 0.6) is 0 Å². The van der Waals surface area contributed by atoms with E-state index < -0.39 is 11.1 Å². The molecule has 0 aliphatic carbocycles. The monoisotopic (exact) mass is 465 g/mol. The van der Waals surface area contributed by atoms with Gasteiger partial charge in [-0.3, -0.25) is 4.79 Å². The first kappa shape index (κ1) is 20.5. The second-order valence-electron chi connectivity index (χ2n) is 7.18. The van der Waals surface area contributed by atoms with E-state index in [2.05, 4.69) is 20.9 Å². The number of nitrogens with one attached hydrogen (secondary N) is 2. The van der Waals surface area contributed by atoms with E-state index in [0.717, 1.165) is 11.1 Å². The molecule has 2 unspecified atom stereocenters. The second-order valence-corrected chi connectivity index (χ2v) is 8.70. The molecule has 2 N–H and O–H groups in total. The largest absolute Gasteiger partial charge is 0.325 e. The van der Waals surface area contributed by atoms with Gasteiger partial charge in [0.2, 0.25) is 11.1 Å². The number of halogens is 2. The molecule has 32 heavy (non-hydrogen) atoms. The van der Waals surface area contributed by atoms with E-state index in [9.17, 15) is 9.18 Å². The lowest BCUT2D eigenvalue weighted by Crippen LogP contribution is -2.41. The van der Waals surface area contributed by atoms with Crippen molar-refractivity contribution in [3.63, 3.8) is 0 Å². The smallest absolute Gasteiger partial charge is 0.240 e. The maximum Gasteiger partial charge on any atom is 0.240 e. The number of fused-ring (bicyclic) bond motifs is 1. The van der Waals surface area contributed by atoms with Crippen molar-refractivity contribution in [2.75, 3.05) is 10.7 Å². The van der Waals surface area contributed by atoms with Gasteiger partial charge in [-0.15, -0.1) is 10.2 Å². The standard InChI is InChI=1S/C23H17ClFN5OS/c24-17-13-16(11-12-18(17)25)26-22(31)20-19(14-7-3-1-4-8-14)29-30-21(27-28-23(30)32-20)15-9-5-2-6-10-15/h1-13,19-20,29H,(H,26,31). The lowest BCUT2D eigenvalue weighted by molar-refractivity contribution is -0.116. The van der Waals surface area contributed by atoms with E-state index in [4.69, 9.17) is 11.6 Å². The number of hydrogen-bond donors (Lipinski definition) is 2. The Morgan fingerprint density at radius 2 is 1.75 bits per heavy atom. The van der Waals surface area contributed by atoms with Crippen LogP contribution in [-0.4, -0.2) is 26.0 Å². The van der Waals surface area contributed by atoms with Gasteiger partial charge in [-0.1, -0.05) is 84.0 Å². The number of aromatic nitrogens is 3. The van der Waals surface area contributed by atoms with Crippen molar-refractivity contribution < 1.29 is 9.18 Å². The van der Waals surface area contributed by atoms with Gasteiger partial charge in [0.05, 0.1) is 11.1 Å². The zero-order chi connectivity index (χ0) is 22.1. The second kappa shape index (κ2) is 8.64. The summed E-state index contributed by atoms with van der Waals surface area (Å²) in [6, 6.07) is 23.2. The van der Waals surface area contributed by atoms with Gasteiger partial charge >= 0.3 is 0 Å². The summed E-state index contributed by atoms with van der Waals surface area (Å²) in [5, 5.41) is 11.4. The maximum absolute atomic E-state index is 13.5. The van der Waals surface area contributed by atoms with E-state index in [0.29, 0.717) is 16.7 Å². The fourth-order valence-electron chi connectivity index (χ4n) is 3.53. The fraction of sp³-hybridized carbons (Fsp3) is 0.0870. The average Bonchev–Trinajstić information content (AvgIpc) is 3.25. The molecule has 1 aromatic heterocycles. The Balaban J connectivity index is 1.50. The Morgan fingerprint density at radius 3 is 2.47 bits per heavy atom. The highest BCUT2D eigenvalue weighted by Crippen LogP contribution is 2.39. The molecule has 1 amide bonds. The van der Waals surface area contributed by atoms with Gasteiger partial charge < -0.3 is 10.7 Å². The number of carbonyl (C=O) groups excluding carboxylic acids is 1. The van der Waals surface area contributed by atoms with Crippen LogP contribution in [0.1, 0.15) is 11.6 Å². The number of carbonyl (C=O) groups is 1. The Morgan fingerprint density at radius 1 is 1.03 bits per heavy atom. The zero-order valence-electron chi connectivity index (χ0n) is 16.6. The molecule has 0 spiro atoms. The average molecular weight is 466 g/mol. The van der Waals surface area contributed by atoms with E-state index in [-0.39, 0.29) is 17.0 Å². The van der Waals surface area contributed by atoms with Crippen molar-refractivity contribution in [1.82, 2.24) is 14.9 Å². The minimum atomic E-state index is -0.554. The molecule has 3 aromatic carbocycles. The Bertz CT molecular complexity index is 1270. The highest BCUT2D eigenvalue weighted by Gasteiger charge is 2.38. The summed E-state index contributed by atoms with van der Waals surface area (Å²) in [6.45, 7) is 0. The van der Waals surface area contributed by atoms with Crippen molar-refractivity contribution in [3.05, 3.63) is 95.3 Å². The molecule has 0 saturated heterocycles. The number of hydrogen-bond acceptors (Lipinski definition) is 5. The van der Waals surface area contributed by atoms with Gasteiger partial charge in [-0.25, -0.2) is 9.07 Å². The molecule has 1 aliphatic rings. The molecule has 2 heterocycles. The van der Waals surface area contributed by atoms with Crippen LogP contribution in [0.2, 0.25) is 5.02 Å². The predicted octanol–water partition coefficient (Wildman–Crippen LogP) is 5.14. The highest BCUT2D eigenvalue weighted by molar-refractivity contribution is 8.00. The van der Waals surface area contributed by atoms with Gasteiger partial charge in [0.25, 0.3) is 0 Å². The summed E-state index contributed by atoms with van der Waals surface area (Å²) in [5.41, 5.74) is 5.70. The summed E-state index contributed by atoms with van der Waals surface area (Å²) in [6.07, 6.45) is 0. The minimum absolute atomic E-state index is 0.0518. The van der Waals surface area contributed by atoms with E-state index in [1.807, 2.05) is 65.3 Å². The van der Waals surface area contributed by atoms with Crippen molar-refractivity contribution in [1.29, 1.82) is 0 Å². The molecule has 0 radical (unpaired) electrons. The van der Waals surface area contributed by atoms with Crippen molar-refractivity contribution in [2.24, 2.45) is 0 Å². The quantitative estimate of drug-likeness (QED) is 0.437. The molecule has 2 atom stereocenters. The van der Waals surface area contributed by atoms with Gasteiger partial charge in [0.15, 0.2) is 5.82 Å². The number of nitrogens with zero attached hydrogens (tertiary/aromatic N) is 3. The summed E-state index contributed by atoms with van der Waals surface area (Å²) < 4.78 is 15.3. The number of anilines is 1. The van der Waals surface area contributed by atoms with Crippen LogP contribution in [-0.2, 0) is 4.79 Å². The first-order chi connectivity index (χ1) is 15.6. The third-order valence-electron chi connectivity index (χ3n) is 5.07. The van der Waals surface area contributed by atoms with Crippen LogP contribution in [0, 0.1) is 5.82 Å². The normalized spacial score (nSPS) is 17.3. The summed E-state index contributed by atoms with van der Waals surface area (Å²) in [5.74, 6) is -0.130. The van der Waals surface area contributed by atoms with Crippen LogP contribution < -0.4 is 10.7 Å². The number of thioether (sulfide) groups is 1. The lowest BCUT2D eigenvalue weighted by atomic mass is 10.0. The molecule has 5 rings (SSSR count). The highest BCUT2D eigenvalue weighted by atomic mass is 35.5. The first-order valence-corrected chi connectivity index (χ1v) is 11.1. The third-order valence-corrected chi connectivity index (χ3v) is 6.58. The maximum atomic E-state index is 13.5. The van der Waals surface area contributed by atoms with Crippen LogP contribution in [0.15, 0.2) is 84.0 Å². The van der Waals surface area contributed by atoms with Crippen molar-refractivity contribution in [2.45, 2.75) is 16.4 Å². The van der Waals surface area contributed by atoms with Crippen molar-refractivity contribution >= 4 is 35.0 Å². The predicted molar refractivity (Wildman–Crippen MR) is 124 cm³/mol. The van der Waals surface area contributed by atoms with Gasteiger partial charge in [0, 0.05) is 11.3 Å². The molecule has 160 valence electrons. The van der Waals surface area contributed by atoms with Crippen LogP contribution in [0.3, 0.4) is 0 Å². The lowest BCUT2D eigenvalue weighted by Gasteiger charge is -2.33. The van der Waals surface area contributed by atoms with E-state index in [1.165, 1.54) is 30.0 Å². The van der Waals surface area contributed by atoms with E-state index >= 15 is 0 Å². The Hall–Kier alpha value is -3.36. The van der Waals surface area contributed by atoms with Gasteiger partial charge in [0.1, 0.15) is 11.1 Å². The van der Waals surface area contributed by atoms with Crippen LogP contribution in [0.4, 0.5) is 10.1 Å². The zero-order valence-corrected chi connectivity index (χ0v) is 18.1. The topological polar surface area (TPSA) is 71.8 Å². The molecule has 0 fully saturated rings. The molecule has 9 heteroatoms. The van der Waals surface area contributed by atoms with Crippen LogP contribution in [0.25, 0.3) is 11.4 Å². The van der Waals surface area contributed by atoms with Gasteiger partial charge in [-0.2, -0.15) is 0 Å². The summed E-state index contributed by atoms with van der Waals surface area (Å²) in [4.78, 5) is 13.3. The summed E-state index contributed by atoms with van der Waals surface area (Å²) >= 11 is 7.19. The minimum Gasteiger partial charge on any atom is -0.325 e. The molecule has 6 nitrogen and oxygen atoms in total.